The van der Waals surface area contributed by atoms with Crippen LogP contribution >= 0.6 is 0 Å². The minimum Gasteiger partial charge on any atom is -0.383 e. The first-order valence-electron chi connectivity index (χ1n) is 5.72. The van der Waals surface area contributed by atoms with Gasteiger partial charge in [-0.3, -0.25) is 0 Å². The maximum atomic E-state index is 6.02. The molecule has 2 N–H and O–H groups in total. The molecule has 1 heterocycles. The molecule has 0 spiro atoms. The van der Waals surface area contributed by atoms with Crippen LogP contribution in [0.4, 0.5) is 5.82 Å². The van der Waals surface area contributed by atoms with Crippen molar-refractivity contribution in [3.63, 3.8) is 0 Å². The molecule has 2 aromatic carbocycles. The fraction of sp³-hybridized carbons (Fsp3) is 0.133. The predicted octanol–water partition coefficient (Wildman–Crippen LogP) is 3.59. The number of fused-ring (bicyclic) bond motifs is 3. The van der Waals surface area contributed by atoms with E-state index in [1.807, 2.05) is 18.2 Å². The average molecular weight is 222 g/mol. The first-order chi connectivity index (χ1) is 8.16. The third kappa shape index (κ3) is 1.45. The highest BCUT2D eigenvalue weighted by molar-refractivity contribution is 6.10. The van der Waals surface area contributed by atoms with Gasteiger partial charge >= 0.3 is 0 Å². The van der Waals surface area contributed by atoms with Gasteiger partial charge in [0.05, 0.1) is 5.52 Å². The van der Waals surface area contributed by atoms with E-state index in [2.05, 4.69) is 37.0 Å². The summed E-state index contributed by atoms with van der Waals surface area (Å²) in [4.78, 5) is 4.52. The molecule has 0 aliphatic rings. The monoisotopic (exact) mass is 222 g/mol. The Bertz CT molecular complexity index is 730. The van der Waals surface area contributed by atoms with Gasteiger partial charge in [-0.15, -0.1) is 0 Å². The number of rotatable bonds is 0. The van der Waals surface area contributed by atoms with E-state index in [0.29, 0.717) is 5.82 Å². The van der Waals surface area contributed by atoms with Crippen LogP contribution in [0.5, 0.6) is 0 Å². The molecule has 0 atom stereocenters. The molecular formula is C15H14N2. The van der Waals surface area contributed by atoms with E-state index in [9.17, 15) is 0 Å². The van der Waals surface area contributed by atoms with Gasteiger partial charge in [0.15, 0.2) is 0 Å². The molecule has 0 saturated heterocycles. The summed E-state index contributed by atoms with van der Waals surface area (Å²) < 4.78 is 0. The SMILES string of the molecule is Cc1cc(C)c2nc(N)c3ccccc3c2c1. The van der Waals surface area contributed by atoms with Crippen molar-refractivity contribution in [1.82, 2.24) is 4.98 Å². The van der Waals surface area contributed by atoms with Crippen molar-refractivity contribution in [3.05, 3.63) is 47.5 Å². The lowest BCUT2D eigenvalue weighted by atomic mass is 10.0. The van der Waals surface area contributed by atoms with Crippen molar-refractivity contribution < 1.29 is 0 Å². The number of nitrogen functional groups attached to an aromatic ring is 1. The molecular weight excluding hydrogens is 208 g/mol. The average Bonchev–Trinajstić information content (AvgIpc) is 2.31. The number of pyridine rings is 1. The molecule has 0 bridgehead atoms. The van der Waals surface area contributed by atoms with Crippen LogP contribution in [-0.2, 0) is 0 Å². The third-order valence-electron chi connectivity index (χ3n) is 3.17. The number of nitrogens with zero attached hydrogens (tertiary/aromatic N) is 1. The number of anilines is 1. The summed E-state index contributed by atoms with van der Waals surface area (Å²) in [6.07, 6.45) is 0. The van der Waals surface area contributed by atoms with Gasteiger partial charge in [0.2, 0.25) is 0 Å². The lowest BCUT2D eigenvalue weighted by molar-refractivity contribution is 1.36. The Balaban J connectivity index is 2.63. The van der Waals surface area contributed by atoms with E-state index in [0.717, 1.165) is 10.9 Å². The zero-order valence-corrected chi connectivity index (χ0v) is 9.99. The number of aromatic nitrogens is 1. The lowest BCUT2D eigenvalue weighted by Gasteiger charge is -2.09. The smallest absolute Gasteiger partial charge is 0.132 e. The summed E-state index contributed by atoms with van der Waals surface area (Å²) in [7, 11) is 0. The number of hydrogen-bond donors (Lipinski definition) is 1. The van der Waals surface area contributed by atoms with Gasteiger partial charge in [-0.25, -0.2) is 4.98 Å². The van der Waals surface area contributed by atoms with Gasteiger partial charge in [0.1, 0.15) is 5.82 Å². The van der Waals surface area contributed by atoms with Crippen LogP contribution in [0.2, 0.25) is 0 Å². The van der Waals surface area contributed by atoms with Crippen LogP contribution in [-0.4, -0.2) is 4.98 Å². The Hall–Kier alpha value is -2.09. The number of aryl methyl sites for hydroxylation is 2. The topological polar surface area (TPSA) is 38.9 Å². The maximum absolute atomic E-state index is 6.02. The standard InChI is InChI=1S/C15H14N2/c1-9-7-10(2)14-13(8-9)11-5-3-4-6-12(11)15(16)17-14/h3-8H,1-2H3,(H2,16,17). The highest BCUT2D eigenvalue weighted by Gasteiger charge is 2.07. The van der Waals surface area contributed by atoms with E-state index in [1.165, 1.54) is 21.9 Å². The second-order valence-corrected chi connectivity index (χ2v) is 4.52. The highest BCUT2D eigenvalue weighted by Crippen LogP contribution is 2.29. The van der Waals surface area contributed by atoms with Gasteiger partial charge in [-0.1, -0.05) is 35.9 Å². The summed E-state index contributed by atoms with van der Waals surface area (Å²) in [6.45, 7) is 4.19. The summed E-state index contributed by atoms with van der Waals surface area (Å²) in [5, 5.41) is 3.40. The Morgan fingerprint density at radius 3 is 2.41 bits per heavy atom. The molecule has 0 aliphatic heterocycles. The van der Waals surface area contributed by atoms with E-state index < -0.39 is 0 Å². The first kappa shape index (κ1) is 10.1. The molecule has 0 fully saturated rings. The molecule has 0 unspecified atom stereocenters. The molecule has 17 heavy (non-hydrogen) atoms. The van der Waals surface area contributed by atoms with Crippen LogP contribution in [0.1, 0.15) is 11.1 Å². The van der Waals surface area contributed by atoms with Crippen molar-refractivity contribution in [2.45, 2.75) is 13.8 Å². The lowest BCUT2D eigenvalue weighted by Crippen LogP contribution is -1.95. The van der Waals surface area contributed by atoms with Gasteiger partial charge in [-0.2, -0.15) is 0 Å². The Labute approximate surface area is 100 Å². The van der Waals surface area contributed by atoms with E-state index in [1.54, 1.807) is 0 Å². The summed E-state index contributed by atoms with van der Waals surface area (Å²) in [5.74, 6) is 0.611. The first-order valence-corrected chi connectivity index (χ1v) is 5.72. The van der Waals surface area contributed by atoms with Crippen molar-refractivity contribution in [1.29, 1.82) is 0 Å². The van der Waals surface area contributed by atoms with Gasteiger partial charge in [0, 0.05) is 10.8 Å². The molecule has 2 heteroatoms. The van der Waals surface area contributed by atoms with Gasteiger partial charge < -0.3 is 5.73 Å². The minimum atomic E-state index is 0.611. The molecule has 2 nitrogen and oxygen atoms in total. The molecule has 1 aromatic heterocycles. The zero-order valence-electron chi connectivity index (χ0n) is 9.99. The zero-order chi connectivity index (χ0) is 12.0. The molecule has 0 radical (unpaired) electrons. The number of hydrogen-bond acceptors (Lipinski definition) is 2. The van der Waals surface area contributed by atoms with Crippen LogP contribution < -0.4 is 5.73 Å². The van der Waals surface area contributed by atoms with Crippen LogP contribution in [0, 0.1) is 13.8 Å². The molecule has 3 aromatic rings. The van der Waals surface area contributed by atoms with Crippen LogP contribution in [0.3, 0.4) is 0 Å². The largest absolute Gasteiger partial charge is 0.383 e. The summed E-state index contributed by atoms with van der Waals surface area (Å²) in [5.41, 5.74) is 9.46. The minimum absolute atomic E-state index is 0.611. The molecule has 3 rings (SSSR count). The normalized spacial score (nSPS) is 11.2. The third-order valence-corrected chi connectivity index (χ3v) is 3.17. The number of nitrogens with two attached hydrogens (primary N) is 1. The van der Waals surface area contributed by atoms with E-state index in [4.69, 9.17) is 5.73 Å². The fourth-order valence-electron chi connectivity index (χ4n) is 2.44. The van der Waals surface area contributed by atoms with E-state index in [-0.39, 0.29) is 0 Å². The van der Waals surface area contributed by atoms with Crippen molar-refractivity contribution in [2.75, 3.05) is 5.73 Å². The van der Waals surface area contributed by atoms with Crippen LogP contribution in [0.25, 0.3) is 21.7 Å². The predicted molar refractivity (Wildman–Crippen MR) is 73.1 cm³/mol. The Kier molecular flexibility index (Phi) is 2.05. The number of benzene rings is 2. The van der Waals surface area contributed by atoms with Crippen LogP contribution in [0.15, 0.2) is 36.4 Å². The maximum Gasteiger partial charge on any atom is 0.132 e. The van der Waals surface area contributed by atoms with E-state index >= 15 is 0 Å². The fourth-order valence-corrected chi connectivity index (χ4v) is 2.44. The molecule has 0 saturated carbocycles. The Morgan fingerprint density at radius 1 is 0.941 bits per heavy atom. The molecule has 84 valence electrons. The van der Waals surface area contributed by atoms with Gasteiger partial charge in [0.25, 0.3) is 0 Å². The highest BCUT2D eigenvalue weighted by atomic mass is 14.8. The Morgan fingerprint density at radius 2 is 1.65 bits per heavy atom. The molecule has 0 aliphatic carbocycles. The summed E-state index contributed by atoms with van der Waals surface area (Å²) >= 11 is 0. The molecule has 0 amide bonds. The van der Waals surface area contributed by atoms with Crippen molar-refractivity contribution in [3.8, 4) is 0 Å². The van der Waals surface area contributed by atoms with Gasteiger partial charge in [-0.05, 0) is 30.9 Å². The summed E-state index contributed by atoms with van der Waals surface area (Å²) in [6, 6.07) is 12.5. The van der Waals surface area contributed by atoms with Crippen molar-refractivity contribution in [2.24, 2.45) is 0 Å². The second-order valence-electron chi connectivity index (χ2n) is 4.52. The van der Waals surface area contributed by atoms with Crippen molar-refractivity contribution >= 4 is 27.5 Å². The second kappa shape index (κ2) is 3.45. The quantitative estimate of drug-likeness (QED) is 0.590.